The summed E-state index contributed by atoms with van der Waals surface area (Å²) in [5, 5.41) is 17.4. The lowest BCUT2D eigenvalue weighted by Gasteiger charge is -2.32. The van der Waals surface area contributed by atoms with Crippen molar-refractivity contribution >= 4 is 34.4 Å². The second kappa shape index (κ2) is 15.7. The Kier molecular flexibility index (Phi) is 10.4. The van der Waals surface area contributed by atoms with Gasteiger partial charge in [-0.3, -0.25) is 29.6 Å². The van der Waals surface area contributed by atoms with Gasteiger partial charge < -0.3 is 15.2 Å². The van der Waals surface area contributed by atoms with Crippen molar-refractivity contribution in [1.29, 1.82) is 0 Å². The van der Waals surface area contributed by atoms with Crippen LogP contribution in [0.3, 0.4) is 0 Å². The first-order valence-corrected chi connectivity index (χ1v) is 19.6. The molecule has 5 heterocycles. The molecule has 6 aromatic rings. The van der Waals surface area contributed by atoms with E-state index >= 15 is 0 Å². The van der Waals surface area contributed by atoms with Gasteiger partial charge in [0.25, 0.3) is 11.7 Å². The molecule has 0 aliphatic carbocycles. The van der Waals surface area contributed by atoms with E-state index in [2.05, 4.69) is 78.4 Å². The average Bonchev–Trinajstić information content (AvgIpc) is 3.89. The molecule has 292 valence electrons. The number of nitrogens with zero attached hydrogens (tertiary/aromatic N) is 6. The van der Waals surface area contributed by atoms with Gasteiger partial charge in [0.15, 0.2) is 0 Å². The van der Waals surface area contributed by atoms with Crippen LogP contribution >= 0.6 is 0 Å². The van der Waals surface area contributed by atoms with Gasteiger partial charge in [0, 0.05) is 42.4 Å². The smallest absolute Gasteiger partial charge is 0.292 e. The van der Waals surface area contributed by atoms with Crippen LogP contribution in [0.5, 0.6) is 0 Å². The van der Waals surface area contributed by atoms with Gasteiger partial charge in [-0.25, -0.2) is 4.68 Å². The molecule has 3 N–H and O–H groups in total. The van der Waals surface area contributed by atoms with Gasteiger partial charge >= 0.3 is 0 Å². The van der Waals surface area contributed by atoms with Crippen LogP contribution < -0.4 is 16.0 Å². The van der Waals surface area contributed by atoms with Crippen molar-refractivity contribution in [3.63, 3.8) is 0 Å². The van der Waals surface area contributed by atoms with Gasteiger partial charge in [0.2, 0.25) is 17.7 Å². The van der Waals surface area contributed by atoms with E-state index in [1.165, 1.54) is 11.1 Å². The Balaban J connectivity index is 0.858. The van der Waals surface area contributed by atoms with Crippen molar-refractivity contribution in [3.05, 3.63) is 119 Å². The van der Waals surface area contributed by atoms with Crippen molar-refractivity contribution < 1.29 is 18.9 Å². The largest absolute Gasteiger partial charge is 0.374 e. The summed E-state index contributed by atoms with van der Waals surface area (Å²) in [5.74, 6) is 0.109. The zero-order valence-corrected chi connectivity index (χ0v) is 32.7. The summed E-state index contributed by atoms with van der Waals surface area (Å²) >= 11 is 0. The van der Waals surface area contributed by atoms with Crippen LogP contribution in [-0.4, -0.2) is 66.7 Å². The van der Waals surface area contributed by atoms with Crippen molar-refractivity contribution in [3.8, 4) is 16.8 Å². The Morgan fingerprint density at radius 2 is 1.74 bits per heavy atom. The van der Waals surface area contributed by atoms with E-state index in [0.717, 1.165) is 77.1 Å². The van der Waals surface area contributed by atoms with Crippen molar-refractivity contribution in [2.75, 3.05) is 18.4 Å². The number of hydrogen-bond acceptors (Lipinski definition) is 10. The topological polar surface area (TPSA) is 160 Å². The van der Waals surface area contributed by atoms with E-state index in [9.17, 15) is 14.4 Å². The SMILES string of the molecule is Cc1cc(-c2ccnc3cn(-c4ccc(CN5CCC(c6ccc(N[C@H]7CCC(=O)NC7=O)cc6)CC5)cc4)nc23)ccc1CNC(=O)c1noc(C(C)(C)C)n1. The monoisotopic (exact) mass is 765 g/mol. The molecule has 13 nitrogen and oxygen atoms in total. The molecule has 3 aromatic carbocycles. The number of nitrogens with one attached hydrogen (secondary N) is 3. The molecule has 8 rings (SSSR count). The molecule has 1 atom stereocenters. The summed E-state index contributed by atoms with van der Waals surface area (Å²) in [6, 6.07) is 24.8. The number of piperidine rings is 2. The van der Waals surface area contributed by atoms with E-state index in [1.54, 1.807) is 0 Å². The number of fused-ring (bicyclic) bond motifs is 1. The minimum Gasteiger partial charge on any atom is -0.374 e. The third-order valence-corrected chi connectivity index (χ3v) is 10.9. The maximum atomic E-state index is 12.7. The normalized spacial score (nSPS) is 16.8. The molecule has 2 saturated heterocycles. The maximum Gasteiger partial charge on any atom is 0.292 e. The lowest BCUT2D eigenvalue weighted by atomic mass is 9.89. The summed E-state index contributed by atoms with van der Waals surface area (Å²) in [6.07, 6.45) is 6.83. The van der Waals surface area contributed by atoms with Crippen LogP contribution in [0.25, 0.3) is 27.8 Å². The highest BCUT2D eigenvalue weighted by Gasteiger charge is 2.27. The Hall–Kier alpha value is -6.21. The third kappa shape index (κ3) is 8.48. The molecule has 3 aromatic heterocycles. The molecule has 0 saturated carbocycles. The minimum atomic E-state index is -0.379. The molecule has 13 heteroatoms. The number of amides is 3. The number of carbonyl (C=O) groups excluding carboxylic acids is 3. The lowest BCUT2D eigenvalue weighted by Crippen LogP contribution is -2.47. The number of carbonyl (C=O) groups is 3. The maximum absolute atomic E-state index is 12.7. The molecule has 0 bridgehead atoms. The minimum absolute atomic E-state index is 0.0269. The van der Waals surface area contributed by atoms with E-state index in [1.807, 2.05) is 75.1 Å². The summed E-state index contributed by atoms with van der Waals surface area (Å²) in [6.45, 7) is 11.2. The molecular formula is C44H47N9O4. The Labute approximate surface area is 331 Å². The summed E-state index contributed by atoms with van der Waals surface area (Å²) in [7, 11) is 0. The van der Waals surface area contributed by atoms with Gasteiger partial charge in [-0.05, 0) is 103 Å². The third-order valence-electron chi connectivity index (χ3n) is 10.9. The second-order valence-corrected chi connectivity index (χ2v) is 16.2. The van der Waals surface area contributed by atoms with E-state index in [-0.39, 0.29) is 35.0 Å². The number of pyridine rings is 1. The van der Waals surface area contributed by atoms with Crippen LogP contribution in [0.1, 0.15) is 91.1 Å². The average molecular weight is 766 g/mol. The number of rotatable bonds is 10. The zero-order chi connectivity index (χ0) is 39.7. The van der Waals surface area contributed by atoms with Crippen molar-refractivity contribution in [2.24, 2.45) is 0 Å². The number of likely N-dealkylation sites (tertiary alicyclic amines) is 1. The van der Waals surface area contributed by atoms with Crippen LogP contribution in [0.2, 0.25) is 0 Å². The fraction of sp³-hybridized carbons (Fsp3) is 0.341. The quantitative estimate of drug-likeness (QED) is 0.130. The number of aryl methyl sites for hydroxylation is 1. The number of aromatic nitrogens is 5. The second-order valence-electron chi connectivity index (χ2n) is 16.2. The predicted molar refractivity (Wildman–Crippen MR) is 217 cm³/mol. The molecule has 3 amide bonds. The predicted octanol–water partition coefficient (Wildman–Crippen LogP) is 6.60. The first-order chi connectivity index (χ1) is 27.5. The van der Waals surface area contributed by atoms with Gasteiger partial charge in [0.05, 0.1) is 11.9 Å². The Morgan fingerprint density at radius 1 is 0.965 bits per heavy atom. The van der Waals surface area contributed by atoms with Crippen molar-refractivity contribution in [1.82, 2.24) is 40.4 Å². The highest BCUT2D eigenvalue weighted by molar-refractivity contribution is 6.01. The summed E-state index contributed by atoms with van der Waals surface area (Å²) < 4.78 is 7.16. The Morgan fingerprint density at radius 3 is 2.44 bits per heavy atom. The lowest BCUT2D eigenvalue weighted by molar-refractivity contribution is -0.133. The summed E-state index contributed by atoms with van der Waals surface area (Å²) in [4.78, 5) is 47.7. The molecule has 2 aliphatic heterocycles. The fourth-order valence-corrected chi connectivity index (χ4v) is 7.54. The standard InChI is InChI=1S/C44H47N9O4/c1-27-23-31(7-8-32(27)24-46-42(56)40-49-43(57-51-40)44(2,3)4)35-17-20-45-37-26-53(50-39(35)37)34-13-5-28(6-14-34)25-52-21-18-30(19-22-52)29-9-11-33(12-10-29)47-36-15-16-38(54)48-41(36)55/h5-14,17,20,23,26,30,36,47H,15-16,18-19,21-22,24-25H2,1-4H3,(H,46,56)(H,48,54,55)/t36-/m0/s1. The number of hydrogen-bond donors (Lipinski definition) is 3. The molecule has 2 aliphatic rings. The Bertz CT molecular complexity index is 2420. The molecule has 0 radical (unpaired) electrons. The molecule has 57 heavy (non-hydrogen) atoms. The highest BCUT2D eigenvalue weighted by Crippen LogP contribution is 2.31. The van der Waals surface area contributed by atoms with Crippen molar-refractivity contribution in [2.45, 2.75) is 83.8 Å². The summed E-state index contributed by atoms with van der Waals surface area (Å²) in [5.41, 5.74) is 9.76. The molecule has 0 unspecified atom stereocenters. The van der Waals surface area contributed by atoms with Crippen LogP contribution in [0.4, 0.5) is 5.69 Å². The van der Waals surface area contributed by atoms with Crippen LogP contribution in [0.15, 0.2) is 89.7 Å². The first-order valence-electron chi connectivity index (χ1n) is 19.6. The van der Waals surface area contributed by atoms with Crippen LogP contribution in [-0.2, 0) is 28.1 Å². The van der Waals surface area contributed by atoms with Gasteiger partial charge in [-0.15, -0.1) is 0 Å². The number of anilines is 1. The van der Waals surface area contributed by atoms with Gasteiger partial charge in [-0.2, -0.15) is 10.1 Å². The van der Waals surface area contributed by atoms with E-state index < -0.39 is 0 Å². The molecule has 0 spiro atoms. The van der Waals surface area contributed by atoms with Gasteiger partial charge in [0.1, 0.15) is 17.1 Å². The van der Waals surface area contributed by atoms with E-state index in [0.29, 0.717) is 31.2 Å². The highest BCUT2D eigenvalue weighted by atomic mass is 16.5. The molecule has 2 fully saturated rings. The first kappa shape index (κ1) is 37.7. The number of benzene rings is 3. The van der Waals surface area contributed by atoms with Gasteiger partial charge in [-0.1, -0.05) is 68.4 Å². The fourth-order valence-electron chi connectivity index (χ4n) is 7.54. The van der Waals surface area contributed by atoms with E-state index in [4.69, 9.17) is 9.62 Å². The zero-order valence-electron chi connectivity index (χ0n) is 32.7. The van der Waals surface area contributed by atoms with Crippen LogP contribution in [0, 0.1) is 6.92 Å². The number of imide groups is 1. The molecular weight excluding hydrogens is 719 g/mol.